The zero-order chi connectivity index (χ0) is 22.7. The van der Waals surface area contributed by atoms with Crippen LogP contribution in [0, 0.1) is 12.7 Å². The Bertz CT molecular complexity index is 1280. The van der Waals surface area contributed by atoms with Gasteiger partial charge in [-0.1, -0.05) is 71.2 Å². The van der Waals surface area contributed by atoms with Gasteiger partial charge in [-0.2, -0.15) is 0 Å². The molecule has 4 rings (SSSR count). The maximum atomic E-state index is 14.6. The number of hydrogen-bond acceptors (Lipinski definition) is 4. The third-order valence-corrected chi connectivity index (χ3v) is 5.15. The lowest BCUT2D eigenvalue weighted by atomic mass is 10.1. The minimum atomic E-state index is -0.864. The maximum Gasteiger partial charge on any atom is 0.346 e. The minimum Gasteiger partial charge on any atom is -0.454 e. The molecule has 32 heavy (non-hydrogen) atoms. The van der Waals surface area contributed by atoms with Crippen molar-refractivity contribution in [2.24, 2.45) is 0 Å². The van der Waals surface area contributed by atoms with E-state index in [0.29, 0.717) is 16.5 Å². The first-order valence-corrected chi connectivity index (χ1v) is 10.3. The van der Waals surface area contributed by atoms with Crippen molar-refractivity contribution >= 4 is 29.2 Å². The zero-order valence-corrected chi connectivity index (χ0v) is 18.3. The Morgan fingerprint density at radius 1 is 0.906 bits per heavy atom. The van der Waals surface area contributed by atoms with E-state index in [1.165, 1.54) is 6.20 Å². The SMILES string of the molecule is Cc1ccc(OC(=O)c2cc(Cl)c(Oc3cnc(-c4ccccc4)c(Cl)c3)cc2F)cc1. The van der Waals surface area contributed by atoms with Crippen LogP contribution in [-0.2, 0) is 0 Å². The number of carbonyl (C=O) groups is 1. The number of carbonyl (C=O) groups excluding carboxylic acids is 1. The molecule has 0 aliphatic rings. The van der Waals surface area contributed by atoms with Gasteiger partial charge in [0.05, 0.1) is 27.5 Å². The average Bonchev–Trinajstić information content (AvgIpc) is 2.78. The molecule has 1 aromatic heterocycles. The highest BCUT2D eigenvalue weighted by atomic mass is 35.5. The third-order valence-electron chi connectivity index (χ3n) is 4.56. The third kappa shape index (κ3) is 4.90. The van der Waals surface area contributed by atoms with E-state index in [-0.39, 0.29) is 22.1 Å². The molecule has 0 saturated heterocycles. The lowest BCUT2D eigenvalue weighted by molar-refractivity contribution is 0.0730. The predicted molar refractivity (Wildman–Crippen MR) is 122 cm³/mol. The number of nitrogens with zero attached hydrogens (tertiary/aromatic N) is 1. The summed E-state index contributed by atoms with van der Waals surface area (Å²) in [5, 5.41) is 0.397. The van der Waals surface area contributed by atoms with Gasteiger partial charge in [-0.3, -0.25) is 4.98 Å². The van der Waals surface area contributed by atoms with E-state index in [1.54, 1.807) is 30.3 Å². The Labute approximate surface area is 194 Å². The molecule has 0 radical (unpaired) electrons. The van der Waals surface area contributed by atoms with E-state index >= 15 is 0 Å². The topological polar surface area (TPSA) is 48.4 Å². The summed E-state index contributed by atoms with van der Waals surface area (Å²) in [5.41, 5.74) is 2.14. The molecular weight excluding hydrogens is 452 g/mol. The van der Waals surface area contributed by atoms with E-state index in [0.717, 1.165) is 23.3 Å². The second kappa shape index (κ2) is 9.39. The van der Waals surface area contributed by atoms with Crippen LogP contribution in [0.4, 0.5) is 4.39 Å². The average molecular weight is 468 g/mol. The zero-order valence-electron chi connectivity index (χ0n) is 16.8. The highest BCUT2D eigenvalue weighted by molar-refractivity contribution is 6.33. The summed E-state index contributed by atoms with van der Waals surface area (Å²) in [6.45, 7) is 1.90. The van der Waals surface area contributed by atoms with Gasteiger partial charge in [0.1, 0.15) is 23.1 Å². The summed E-state index contributed by atoms with van der Waals surface area (Å²) < 4.78 is 25.5. The lowest BCUT2D eigenvalue weighted by Gasteiger charge is -2.11. The largest absolute Gasteiger partial charge is 0.454 e. The fourth-order valence-electron chi connectivity index (χ4n) is 2.94. The van der Waals surface area contributed by atoms with Crippen LogP contribution < -0.4 is 9.47 Å². The van der Waals surface area contributed by atoms with Crippen molar-refractivity contribution in [1.29, 1.82) is 0 Å². The van der Waals surface area contributed by atoms with Gasteiger partial charge in [0, 0.05) is 17.7 Å². The Hall–Kier alpha value is -3.41. The number of aryl methyl sites for hydroxylation is 1. The van der Waals surface area contributed by atoms with Crippen LogP contribution in [0.5, 0.6) is 17.2 Å². The Morgan fingerprint density at radius 3 is 2.31 bits per heavy atom. The van der Waals surface area contributed by atoms with Crippen LogP contribution in [0.15, 0.2) is 79.0 Å². The highest BCUT2D eigenvalue weighted by Crippen LogP contribution is 2.35. The number of ether oxygens (including phenoxy) is 2. The lowest BCUT2D eigenvalue weighted by Crippen LogP contribution is -2.11. The van der Waals surface area contributed by atoms with Crippen molar-refractivity contribution in [3.8, 4) is 28.5 Å². The summed E-state index contributed by atoms with van der Waals surface area (Å²) in [4.78, 5) is 16.7. The van der Waals surface area contributed by atoms with Crippen molar-refractivity contribution < 1.29 is 18.7 Å². The van der Waals surface area contributed by atoms with Crippen LogP contribution in [0.1, 0.15) is 15.9 Å². The predicted octanol–water partition coefficient (Wildman–Crippen LogP) is 7.51. The molecule has 0 unspecified atom stereocenters. The molecule has 0 aliphatic heterocycles. The molecule has 4 aromatic rings. The van der Waals surface area contributed by atoms with Crippen LogP contribution in [-0.4, -0.2) is 11.0 Å². The summed E-state index contributed by atoms with van der Waals surface area (Å²) in [6, 6.07) is 20.0. The molecule has 0 amide bonds. The standard InChI is InChI=1S/C25H16Cl2FNO3/c1-15-7-9-17(10-8-15)32-25(30)19-12-20(26)23(13-22(19)28)31-18-11-21(27)24(29-14-18)16-5-3-2-4-6-16/h2-14H,1H3. The van der Waals surface area contributed by atoms with Gasteiger partial charge in [-0.05, 0) is 25.1 Å². The van der Waals surface area contributed by atoms with E-state index < -0.39 is 11.8 Å². The molecule has 0 aliphatic carbocycles. The molecule has 1 heterocycles. The van der Waals surface area contributed by atoms with E-state index in [4.69, 9.17) is 32.7 Å². The molecule has 0 spiro atoms. The van der Waals surface area contributed by atoms with Crippen molar-refractivity contribution in [3.05, 3.63) is 106 Å². The van der Waals surface area contributed by atoms with E-state index in [1.807, 2.05) is 37.3 Å². The van der Waals surface area contributed by atoms with Gasteiger partial charge in [-0.15, -0.1) is 0 Å². The molecule has 3 aromatic carbocycles. The fraction of sp³-hybridized carbons (Fsp3) is 0.0400. The van der Waals surface area contributed by atoms with Crippen LogP contribution in [0.25, 0.3) is 11.3 Å². The first-order chi connectivity index (χ1) is 15.4. The number of aromatic nitrogens is 1. The first kappa shape index (κ1) is 21.8. The molecular formula is C25H16Cl2FNO3. The van der Waals surface area contributed by atoms with E-state index in [9.17, 15) is 9.18 Å². The molecule has 7 heteroatoms. The molecule has 0 N–H and O–H groups in total. The monoisotopic (exact) mass is 467 g/mol. The smallest absolute Gasteiger partial charge is 0.346 e. The molecule has 0 atom stereocenters. The molecule has 160 valence electrons. The number of halogens is 3. The van der Waals surface area contributed by atoms with Gasteiger partial charge in [-0.25, -0.2) is 9.18 Å². The normalized spacial score (nSPS) is 10.6. The van der Waals surface area contributed by atoms with Gasteiger partial charge in [0.25, 0.3) is 0 Å². The van der Waals surface area contributed by atoms with Crippen molar-refractivity contribution in [2.45, 2.75) is 6.92 Å². The Morgan fingerprint density at radius 2 is 1.62 bits per heavy atom. The minimum absolute atomic E-state index is 0.0152. The molecule has 0 saturated carbocycles. The first-order valence-electron chi connectivity index (χ1n) is 9.57. The van der Waals surface area contributed by atoms with Gasteiger partial charge < -0.3 is 9.47 Å². The van der Waals surface area contributed by atoms with Gasteiger partial charge in [0.15, 0.2) is 0 Å². The summed E-state index contributed by atoms with van der Waals surface area (Å²) >= 11 is 12.6. The van der Waals surface area contributed by atoms with Gasteiger partial charge in [0.2, 0.25) is 0 Å². The molecule has 4 nitrogen and oxygen atoms in total. The number of hydrogen-bond donors (Lipinski definition) is 0. The van der Waals surface area contributed by atoms with Crippen molar-refractivity contribution in [2.75, 3.05) is 0 Å². The Balaban J connectivity index is 1.54. The number of benzene rings is 3. The molecule has 0 bridgehead atoms. The second-order valence-corrected chi connectivity index (χ2v) is 7.75. The van der Waals surface area contributed by atoms with Crippen molar-refractivity contribution in [1.82, 2.24) is 4.98 Å². The Kier molecular flexibility index (Phi) is 6.40. The maximum absolute atomic E-state index is 14.6. The van der Waals surface area contributed by atoms with Crippen LogP contribution >= 0.6 is 23.2 Å². The van der Waals surface area contributed by atoms with E-state index in [2.05, 4.69) is 4.98 Å². The molecule has 0 fully saturated rings. The highest BCUT2D eigenvalue weighted by Gasteiger charge is 2.19. The van der Waals surface area contributed by atoms with Crippen LogP contribution in [0.3, 0.4) is 0 Å². The van der Waals surface area contributed by atoms with Crippen molar-refractivity contribution in [3.63, 3.8) is 0 Å². The van der Waals surface area contributed by atoms with Crippen LogP contribution in [0.2, 0.25) is 10.0 Å². The summed E-state index contributed by atoms with van der Waals surface area (Å²) in [5.74, 6) is -1.11. The fourth-order valence-corrected chi connectivity index (χ4v) is 3.41. The number of rotatable bonds is 5. The summed E-state index contributed by atoms with van der Waals surface area (Å²) in [6.07, 6.45) is 1.46. The quantitative estimate of drug-likeness (QED) is 0.225. The van der Waals surface area contributed by atoms with Gasteiger partial charge >= 0.3 is 5.97 Å². The number of pyridine rings is 1. The second-order valence-electron chi connectivity index (χ2n) is 6.93. The number of esters is 1. The summed E-state index contributed by atoms with van der Waals surface area (Å²) in [7, 11) is 0.